The van der Waals surface area contributed by atoms with Gasteiger partial charge in [0.2, 0.25) is 5.43 Å². The van der Waals surface area contributed by atoms with Gasteiger partial charge in [0, 0.05) is 23.8 Å². The van der Waals surface area contributed by atoms with Gasteiger partial charge in [0.15, 0.2) is 11.5 Å². The SMILES string of the molecule is COc1cc(O)c(-c2oc3cc(O)cc(O)c3c(=O)c2CC=C(C)C)cc1O. The van der Waals surface area contributed by atoms with Gasteiger partial charge in [-0.25, -0.2) is 0 Å². The molecule has 0 saturated heterocycles. The molecule has 2 aromatic carbocycles. The van der Waals surface area contributed by atoms with Gasteiger partial charge in [-0.1, -0.05) is 11.6 Å². The monoisotopic (exact) mass is 384 g/mol. The van der Waals surface area contributed by atoms with Gasteiger partial charge in [-0.2, -0.15) is 0 Å². The van der Waals surface area contributed by atoms with E-state index in [1.54, 1.807) is 6.08 Å². The number of hydrogen-bond acceptors (Lipinski definition) is 7. The van der Waals surface area contributed by atoms with Crippen molar-refractivity contribution in [3.8, 4) is 40.1 Å². The van der Waals surface area contributed by atoms with Gasteiger partial charge in [-0.15, -0.1) is 0 Å². The molecule has 0 aliphatic carbocycles. The van der Waals surface area contributed by atoms with Gasteiger partial charge in [0.25, 0.3) is 0 Å². The number of hydrogen-bond donors (Lipinski definition) is 4. The third-order valence-electron chi connectivity index (χ3n) is 4.31. The van der Waals surface area contributed by atoms with Crippen LogP contribution in [0.3, 0.4) is 0 Å². The molecule has 4 N–H and O–H groups in total. The lowest BCUT2D eigenvalue weighted by Crippen LogP contribution is -2.11. The molecule has 28 heavy (non-hydrogen) atoms. The Morgan fingerprint density at radius 3 is 2.39 bits per heavy atom. The predicted molar refractivity (Wildman–Crippen MR) is 104 cm³/mol. The molecule has 0 saturated carbocycles. The van der Waals surface area contributed by atoms with Gasteiger partial charge in [0.05, 0.1) is 12.7 Å². The Kier molecular flexibility index (Phi) is 4.92. The number of phenolic OH excluding ortho intramolecular Hbond substituents is 4. The zero-order valence-corrected chi connectivity index (χ0v) is 15.6. The number of benzene rings is 2. The number of allylic oxidation sites excluding steroid dienone is 2. The summed E-state index contributed by atoms with van der Waals surface area (Å²) in [4.78, 5) is 13.1. The summed E-state index contributed by atoms with van der Waals surface area (Å²) in [5.74, 6) is -1.11. The first-order valence-corrected chi connectivity index (χ1v) is 8.48. The standard InChI is InChI=1S/C21H20O7/c1-10(2)4-5-12-20(26)19-16(25)6-11(22)7-18(19)28-21(12)13-8-15(24)17(27-3)9-14(13)23/h4,6-9,22-25H,5H2,1-3H3. The summed E-state index contributed by atoms with van der Waals surface area (Å²) < 4.78 is 10.8. The highest BCUT2D eigenvalue weighted by molar-refractivity contribution is 5.88. The second-order valence-corrected chi connectivity index (χ2v) is 6.60. The molecule has 3 aromatic rings. The minimum absolute atomic E-state index is 0.0236. The summed E-state index contributed by atoms with van der Waals surface area (Å²) in [6.07, 6.45) is 1.99. The Balaban J connectivity index is 2.41. The first kappa shape index (κ1) is 19.2. The number of ether oxygens (including phenoxy) is 1. The van der Waals surface area contributed by atoms with E-state index in [1.165, 1.54) is 25.3 Å². The second kappa shape index (κ2) is 7.19. The number of rotatable bonds is 4. The molecule has 0 amide bonds. The van der Waals surface area contributed by atoms with Crippen LogP contribution in [0, 0.1) is 0 Å². The Bertz CT molecular complexity index is 1150. The molecule has 146 valence electrons. The number of methoxy groups -OCH3 is 1. The van der Waals surface area contributed by atoms with Crippen LogP contribution < -0.4 is 10.2 Å². The maximum atomic E-state index is 13.1. The van der Waals surface area contributed by atoms with Crippen molar-refractivity contribution >= 4 is 11.0 Å². The fraction of sp³-hybridized carbons (Fsp3) is 0.190. The number of phenols is 4. The summed E-state index contributed by atoms with van der Waals surface area (Å²) in [5, 5.41) is 40.3. The van der Waals surface area contributed by atoms with Crippen LogP contribution in [0.5, 0.6) is 28.7 Å². The minimum atomic E-state index is -0.499. The molecule has 0 spiro atoms. The summed E-state index contributed by atoms with van der Waals surface area (Å²) in [6.45, 7) is 3.74. The van der Waals surface area contributed by atoms with Gasteiger partial charge in [-0.05, 0) is 26.3 Å². The van der Waals surface area contributed by atoms with E-state index in [0.717, 1.165) is 11.6 Å². The van der Waals surface area contributed by atoms with Crippen LogP contribution in [0.15, 0.2) is 45.1 Å². The molecule has 7 heteroatoms. The molecule has 0 unspecified atom stereocenters. The third kappa shape index (κ3) is 3.34. The molecule has 0 atom stereocenters. The number of aromatic hydroxyl groups is 4. The summed E-state index contributed by atoms with van der Waals surface area (Å²) >= 11 is 0. The molecule has 0 aliphatic heterocycles. The van der Waals surface area contributed by atoms with Crippen LogP contribution in [0.4, 0.5) is 0 Å². The zero-order chi connectivity index (χ0) is 20.6. The van der Waals surface area contributed by atoms with Crippen molar-refractivity contribution in [3.05, 3.63) is 51.7 Å². The molecule has 7 nitrogen and oxygen atoms in total. The fourth-order valence-corrected chi connectivity index (χ4v) is 2.93. The predicted octanol–water partition coefficient (Wildman–Crippen LogP) is 3.80. The van der Waals surface area contributed by atoms with Crippen LogP contribution >= 0.6 is 0 Å². The van der Waals surface area contributed by atoms with Gasteiger partial charge >= 0.3 is 0 Å². The largest absolute Gasteiger partial charge is 0.508 e. The quantitative estimate of drug-likeness (QED) is 0.399. The summed E-state index contributed by atoms with van der Waals surface area (Å²) in [7, 11) is 1.34. The van der Waals surface area contributed by atoms with Gasteiger partial charge in [0.1, 0.15) is 34.0 Å². The lowest BCUT2D eigenvalue weighted by molar-refractivity contribution is 0.368. The van der Waals surface area contributed by atoms with Crippen LogP contribution in [0.2, 0.25) is 0 Å². The van der Waals surface area contributed by atoms with Crippen molar-refractivity contribution in [1.82, 2.24) is 0 Å². The highest BCUT2D eigenvalue weighted by Gasteiger charge is 2.22. The maximum Gasteiger partial charge on any atom is 0.200 e. The van der Waals surface area contributed by atoms with Crippen molar-refractivity contribution in [1.29, 1.82) is 0 Å². The van der Waals surface area contributed by atoms with Crippen molar-refractivity contribution in [2.45, 2.75) is 20.3 Å². The van der Waals surface area contributed by atoms with Crippen LogP contribution in [0.25, 0.3) is 22.3 Å². The minimum Gasteiger partial charge on any atom is -0.508 e. The topological polar surface area (TPSA) is 120 Å². The van der Waals surface area contributed by atoms with E-state index in [1.807, 2.05) is 13.8 Å². The van der Waals surface area contributed by atoms with E-state index in [-0.39, 0.29) is 57.3 Å². The normalized spacial score (nSPS) is 10.8. The van der Waals surface area contributed by atoms with Crippen molar-refractivity contribution in [3.63, 3.8) is 0 Å². The van der Waals surface area contributed by atoms with Gasteiger partial charge < -0.3 is 29.6 Å². The first-order chi connectivity index (χ1) is 13.2. The van der Waals surface area contributed by atoms with E-state index in [9.17, 15) is 25.2 Å². The van der Waals surface area contributed by atoms with Crippen molar-refractivity contribution in [2.24, 2.45) is 0 Å². The Labute approximate surface area is 160 Å². The molecular formula is C21H20O7. The molecule has 0 fully saturated rings. The van der Waals surface area contributed by atoms with Crippen molar-refractivity contribution < 1.29 is 29.6 Å². The third-order valence-corrected chi connectivity index (χ3v) is 4.31. The zero-order valence-electron chi connectivity index (χ0n) is 15.6. The fourth-order valence-electron chi connectivity index (χ4n) is 2.93. The lowest BCUT2D eigenvalue weighted by Gasteiger charge is -2.13. The lowest BCUT2D eigenvalue weighted by atomic mass is 10.00. The summed E-state index contributed by atoms with van der Waals surface area (Å²) in [6, 6.07) is 4.69. The van der Waals surface area contributed by atoms with Crippen molar-refractivity contribution in [2.75, 3.05) is 7.11 Å². The molecular weight excluding hydrogens is 364 g/mol. The second-order valence-electron chi connectivity index (χ2n) is 6.60. The molecule has 0 aliphatic rings. The summed E-state index contributed by atoms with van der Waals surface area (Å²) in [5.41, 5.74) is 0.683. The highest BCUT2D eigenvalue weighted by atomic mass is 16.5. The average molecular weight is 384 g/mol. The highest BCUT2D eigenvalue weighted by Crippen LogP contribution is 2.41. The molecule has 1 aromatic heterocycles. The Morgan fingerprint density at radius 2 is 1.75 bits per heavy atom. The van der Waals surface area contributed by atoms with Crippen LogP contribution in [0.1, 0.15) is 19.4 Å². The van der Waals surface area contributed by atoms with E-state index in [2.05, 4.69) is 0 Å². The molecule has 3 rings (SSSR count). The van der Waals surface area contributed by atoms with E-state index >= 15 is 0 Å². The maximum absolute atomic E-state index is 13.1. The Morgan fingerprint density at radius 1 is 1.04 bits per heavy atom. The van der Waals surface area contributed by atoms with Crippen LogP contribution in [-0.2, 0) is 6.42 Å². The molecule has 1 heterocycles. The number of fused-ring (bicyclic) bond motifs is 1. The van der Waals surface area contributed by atoms with Crippen LogP contribution in [-0.4, -0.2) is 27.5 Å². The van der Waals surface area contributed by atoms with Gasteiger partial charge in [-0.3, -0.25) is 4.79 Å². The Hall–Kier alpha value is -3.61. The smallest absolute Gasteiger partial charge is 0.200 e. The van der Waals surface area contributed by atoms with E-state index in [4.69, 9.17) is 9.15 Å². The first-order valence-electron chi connectivity index (χ1n) is 8.48. The molecule has 0 bridgehead atoms. The van der Waals surface area contributed by atoms with E-state index in [0.29, 0.717) is 0 Å². The van der Waals surface area contributed by atoms with E-state index < -0.39 is 11.2 Å². The molecule has 0 radical (unpaired) electrons. The average Bonchev–Trinajstić information content (AvgIpc) is 2.61.